The maximum atomic E-state index is 5.27. The smallest absolute Gasteiger partial charge is 0.162 e. The van der Waals surface area contributed by atoms with Crippen LogP contribution in [0.1, 0.15) is 30.2 Å². The second kappa shape index (κ2) is 7.18. The van der Waals surface area contributed by atoms with E-state index in [2.05, 4.69) is 30.2 Å². The molecule has 0 bridgehead atoms. The number of methoxy groups -OCH3 is 1. The van der Waals surface area contributed by atoms with Gasteiger partial charge in [0.05, 0.1) is 6.61 Å². The Labute approximate surface area is 126 Å². The molecule has 0 aliphatic rings. The van der Waals surface area contributed by atoms with E-state index in [0.717, 1.165) is 47.0 Å². The van der Waals surface area contributed by atoms with Crippen LogP contribution in [0.3, 0.4) is 0 Å². The highest BCUT2D eigenvalue weighted by molar-refractivity contribution is 5.63. The predicted octanol–water partition coefficient (Wildman–Crippen LogP) is 3.73. The molecule has 112 valence electrons. The van der Waals surface area contributed by atoms with E-state index < -0.39 is 0 Å². The summed E-state index contributed by atoms with van der Waals surface area (Å²) in [5, 5.41) is 3.38. The molecule has 2 aromatic rings. The fraction of sp³-hybridized carbons (Fsp3) is 0.412. The molecule has 0 unspecified atom stereocenters. The minimum absolute atomic E-state index is 0.560. The van der Waals surface area contributed by atoms with Crippen LogP contribution < -0.4 is 5.32 Å². The third-order valence-corrected chi connectivity index (χ3v) is 3.49. The van der Waals surface area contributed by atoms with Crippen LogP contribution in [0, 0.1) is 13.8 Å². The average molecular weight is 285 g/mol. The van der Waals surface area contributed by atoms with Crippen LogP contribution in [-0.4, -0.2) is 23.6 Å². The molecule has 0 spiro atoms. The van der Waals surface area contributed by atoms with Crippen molar-refractivity contribution in [1.82, 2.24) is 9.97 Å². The Balaban J connectivity index is 2.46. The Kier molecular flexibility index (Phi) is 5.28. The van der Waals surface area contributed by atoms with Gasteiger partial charge in [-0.05, 0) is 25.8 Å². The van der Waals surface area contributed by atoms with Gasteiger partial charge in [-0.2, -0.15) is 0 Å². The van der Waals surface area contributed by atoms with Gasteiger partial charge in [-0.3, -0.25) is 0 Å². The molecule has 4 nitrogen and oxygen atoms in total. The summed E-state index contributed by atoms with van der Waals surface area (Å²) in [4.78, 5) is 9.35. The normalized spacial score (nSPS) is 10.7. The SMILES string of the molecule is CCCNc1nc(-c2ccccc2COC)nc(C)c1C. The summed E-state index contributed by atoms with van der Waals surface area (Å²) in [7, 11) is 1.70. The third-order valence-electron chi connectivity index (χ3n) is 3.49. The highest BCUT2D eigenvalue weighted by atomic mass is 16.5. The summed E-state index contributed by atoms with van der Waals surface area (Å²) >= 11 is 0. The monoisotopic (exact) mass is 285 g/mol. The Morgan fingerprint density at radius 3 is 2.62 bits per heavy atom. The molecular formula is C17H23N3O. The average Bonchev–Trinajstić information content (AvgIpc) is 2.49. The number of anilines is 1. The molecule has 2 rings (SSSR count). The minimum atomic E-state index is 0.560. The summed E-state index contributed by atoms with van der Waals surface area (Å²) in [6, 6.07) is 8.11. The van der Waals surface area contributed by atoms with Gasteiger partial charge < -0.3 is 10.1 Å². The predicted molar refractivity (Wildman–Crippen MR) is 86.4 cm³/mol. The Morgan fingerprint density at radius 1 is 1.14 bits per heavy atom. The van der Waals surface area contributed by atoms with E-state index in [9.17, 15) is 0 Å². The highest BCUT2D eigenvalue weighted by Gasteiger charge is 2.12. The van der Waals surface area contributed by atoms with Crippen LogP contribution in [0.2, 0.25) is 0 Å². The summed E-state index contributed by atoms with van der Waals surface area (Å²) in [5.74, 6) is 1.68. The lowest BCUT2D eigenvalue weighted by molar-refractivity contribution is 0.185. The lowest BCUT2D eigenvalue weighted by Crippen LogP contribution is -2.08. The standard InChI is InChI=1S/C17H23N3O/c1-5-10-18-16-12(2)13(3)19-17(20-16)15-9-7-6-8-14(15)11-21-4/h6-9H,5,10-11H2,1-4H3,(H,18,19,20). The first-order valence-electron chi connectivity index (χ1n) is 7.33. The number of hydrogen-bond donors (Lipinski definition) is 1. The maximum Gasteiger partial charge on any atom is 0.162 e. The zero-order chi connectivity index (χ0) is 15.2. The van der Waals surface area contributed by atoms with Crippen molar-refractivity contribution in [2.75, 3.05) is 19.0 Å². The molecule has 1 aromatic heterocycles. The topological polar surface area (TPSA) is 47.0 Å². The zero-order valence-electron chi connectivity index (χ0n) is 13.2. The molecular weight excluding hydrogens is 262 g/mol. The number of ether oxygens (including phenoxy) is 1. The van der Waals surface area contributed by atoms with E-state index >= 15 is 0 Å². The Bertz CT molecular complexity index is 611. The van der Waals surface area contributed by atoms with Gasteiger partial charge in [0.25, 0.3) is 0 Å². The molecule has 0 aliphatic heterocycles. The summed E-state index contributed by atoms with van der Waals surface area (Å²) in [6.45, 7) is 7.69. The van der Waals surface area contributed by atoms with Crippen LogP contribution in [0.4, 0.5) is 5.82 Å². The van der Waals surface area contributed by atoms with Crippen molar-refractivity contribution in [2.24, 2.45) is 0 Å². The van der Waals surface area contributed by atoms with Crippen molar-refractivity contribution in [2.45, 2.75) is 33.8 Å². The lowest BCUT2D eigenvalue weighted by atomic mass is 10.1. The van der Waals surface area contributed by atoms with E-state index in [1.165, 1.54) is 0 Å². The van der Waals surface area contributed by atoms with Gasteiger partial charge in [-0.1, -0.05) is 31.2 Å². The highest BCUT2D eigenvalue weighted by Crippen LogP contribution is 2.25. The second-order valence-electron chi connectivity index (χ2n) is 5.12. The van der Waals surface area contributed by atoms with Gasteiger partial charge in [0.1, 0.15) is 5.82 Å². The van der Waals surface area contributed by atoms with Crippen molar-refractivity contribution < 1.29 is 4.74 Å². The largest absolute Gasteiger partial charge is 0.380 e. The first-order chi connectivity index (χ1) is 10.2. The maximum absolute atomic E-state index is 5.27. The van der Waals surface area contributed by atoms with Gasteiger partial charge in [0, 0.05) is 30.5 Å². The summed E-state index contributed by atoms with van der Waals surface area (Å²) in [6.07, 6.45) is 1.07. The first-order valence-corrected chi connectivity index (χ1v) is 7.33. The van der Waals surface area contributed by atoms with Gasteiger partial charge in [0.2, 0.25) is 0 Å². The zero-order valence-corrected chi connectivity index (χ0v) is 13.2. The number of nitrogens with zero attached hydrogens (tertiary/aromatic N) is 2. The van der Waals surface area contributed by atoms with Gasteiger partial charge in [-0.15, -0.1) is 0 Å². The summed E-state index contributed by atoms with van der Waals surface area (Å²) in [5.41, 5.74) is 4.24. The van der Waals surface area contributed by atoms with Gasteiger partial charge in [-0.25, -0.2) is 9.97 Å². The minimum Gasteiger partial charge on any atom is -0.380 e. The van der Waals surface area contributed by atoms with Crippen molar-refractivity contribution in [3.8, 4) is 11.4 Å². The molecule has 1 N–H and O–H groups in total. The molecule has 0 atom stereocenters. The third kappa shape index (κ3) is 3.58. The Morgan fingerprint density at radius 2 is 1.90 bits per heavy atom. The van der Waals surface area contributed by atoms with Gasteiger partial charge in [0.15, 0.2) is 5.82 Å². The Hall–Kier alpha value is -1.94. The molecule has 1 heterocycles. The molecule has 21 heavy (non-hydrogen) atoms. The van der Waals surface area contributed by atoms with Crippen LogP contribution in [0.15, 0.2) is 24.3 Å². The van der Waals surface area contributed by atoms with Crippen LogP contribution >= 0.6 is 0 Å². The van der Waals surface area contributed by atoms with E-state index in [-0.39, 0.29) is 0 Å². The fourth-order valence-corrected chi connectivity index (χ4v) is 2.18. The molecule has 4 heteroatoms. The number of nitrogens with one attached hydrogen (secondary N) is 1. The molecule has 1 aromatic carbocycles. The van der Waals surface area contributed by atoms with Crippen LogP contribution in [0.25, 0.3) is 11.4 Å². The first kappa shape index (κ1) is 15.4. The lowest BCUT2D eigenvalue weighted by Gasteiger charge is -2.13. The molecule has 0 saturated carbocycles. The van der Waals surface area contributed by atoms with Crippen molar-refractivity contribution in [3.05, 3.63) is 41.1 Å². The molecule has 0 saturated heterocycles. The van der Waals surface area contributed by atoms with E-state index in [4.69, 9.17) is 9.72 Å². The molecule has 0 fully saturated rings. The van der Waals surface area contributed by atoms with Crippen molar-refractivity contribution >= 4 is 5.82 Å². The number of aromatic nitrogens is 2. The van der Waals surface area contributed by atoms with Crippen molar-refractivity contribution in [1.29, 1.82) is 0 Å². The van der Waals surface area contributed by atoms with Gasteiger partial charge >= 0.3 is 0 Å². The van der Waals surface area contributed by atoms with E-state index in [1.54, 1.807) is 7.11 Å². The summed E-state index contributed by atoms with van der Waals surface area (Å²) < 4.78 is 5.27. The molecule has 0 aliphatic carbocycles. The van der Waals surface area contributed by atoms with E-state index in [1.807, 2.05) is 25.1 Å². The molecule has 0 radical (unpaired) electrons. The number of rotatable bonds is 6. The number of aryl methyl sites for hydroxylation is 1. The van der Waals surface area contributed by atoms with Crippen LogP contribution in [-0.2, 0) is 11.3 Å². The second-order valence-corrected chi connectivity index (χ2v) is 5.12. The molecule has 0 amide bonds. The van der Waals surface area contributed by atoms with Crippen molar-refractivity contribution in [3.63, 3.8) is 0 Å². The van der Waals surface area contributed by atoms with E-state index in [0.29, 0.717) is 6.61 Å². The quantitative estimate of drug-likeness (QED) is 0.878. The number of hydrogen-bond acceptors (Lipinski definition) is 4. The fourth-order valence-electron chi connectivity index (χ4n) is 2.18. The van der Waals surface area contributed by atoms with Crippen LogP contribution in [0.5, 0.6) is 0 Å². The number of benzene rings is 1.